The van der Waals surface area contributed by atoms with E-state index in [0.717, 1.165) is 48.5 Å². The third-order valence-electron chi connectivity index (χ3n) is 12.1. The van der Waals surface area contributed by atoms with Gasteiger partial charge in [-0.2, -0.15) is 0 Å². The van der Waals surface area contributed by atoms with Crippen LogP contribution in [-0.4, -0.2) is 19.0 Å². The molecule has 0 radical (unpaired) electrons. The van der Waals surface area contributed by atoms with Gasteiger partial charge in [-0.05, 0) is 123 Å². The minimum Gasteiger partial charge on any atom is -0.353 e. The van der Waals surface area contributed by atoms with Crippen LogP contribution in [0.2, 0.25) is 0 Å². The van der Waals surface area contributed by atoms with Crippen molar-refractivity contribution in [3.05, 3.63) is 11.6 Å². The minimum atomic E-state index is 0.0631. The van der Waals surface area contributed by atoms with Gasteiger partial charge in [-0.15, -0.1) is 0 Å². The molecule has 5 aliphatic rings. The summed E-state index contributed by atoms with van der Waals surface area (Å²) in [6.45, 7) is 13.5. The standard InChI is InChI=1S/C33H56O2/c1-6-33-20-17-26(35-31-12-7-8-21-34-31)22-25(33)13-14-27-29-16-15-28(24(4)11-9-10-23(2)3)32(29,5)19-18-30(27)33/h13,23-24,26-31H,6-12,14-22H2,1-5H3/t24-,26+,27+,28?,29?,30?,31?,32?,33+/m1/s1. The summed E-state index contributed by atoms with van der Waals surface area (Å²) in [7, 11) is 0. The van der Waals surface area contributed by atoms with Gasteiger partial charge in [0.25, 0.3) is 0 Å². The summed E-state index contributed by atoms with van der Waals surface area (Å²) in [5.74, 6) is 5.54. The SMILES string of the molecule is CC[C@]12CC[C@H](OC3CCCCO3)CC1=CC[C@H]1C3CCC([C@H](C)CCCC(C)C)C3(C)CCC12. The molecule has 1 aliphatic heterocycles. The Bertz CT molecular complexity index is 735. The van der Waals surface area contributed by atoms with Gasteiger partial charge in [0.2, 0.25) is 0 Å². The molecule has 3 saturated carbocycles. The lowest BCUT2D eigenvalue weighted by atomic mass is 9.46. The zero-order chi connectivity index (χ0) is 24.6. The van der Waals surface area contributed by atoms with Crippen LogP contribution in [0.15, 0.2) is 11.6 Å². The predicted molar refractivity (Wildman–Crippen MR) is 146 cm³/mol. The van der Waals surface area contributed by atoms with E-state index >= 15 is 0 Å². The molecule has 0 aromatic rings. The van der Waals surface area contributed by atoms with E-state index in [0.29, 0.717) is 16.9 Å². The number of hydrogen-bond donors (Lipinski definition) is 0. The highest BCUT2D eigenvalue weighted by molar-refractivity contribution is 5.26. The Hall–Kier alpha value is -0.340. The first-order chi connectivity index (χ1) is 16.9. The predicted octanol–water partition coefficient (Wildman–Crippen LogP) is 9.33. The van der Waals surface area contributed by atoms with Crippen molar-refractivity contribution in [1.82, 2.24) is 0 Å². The molecule has 1 heterocycles. The van der Waals surface area contributed by atoms with Crippen molar-refractivity contribution in [1.29, 1.82) is 0 Å². The molecule has 0 bridgehead atoms. The fraction of sp³-hybridized carbons (Fsp3) is 0.939. The smallest absolute Gasteiger partial charge is 0.157 e. The Kier molecular flexibility index (Phi) is 8.11. The average molecular weight is 485 g/mol. The van der Waals surface area contributed by atoms with Gasteiger partial charge >= 0.3 is 0 Å². The maximum absolute atomic E-state index is 6.52. The molecular weight excluding hydrogens is 428 g/mol. The lowest BCUT2D eigenvalue weighted by molar-refractivity contribution is -0.195. The van der Waals surface area contributed by atoms with Gasteiger partial charge in [-0.3, -0.25) is 0 Å². The van der Waals surface area contributed by atoms with E-state index in [4.69, 9.17) is 9.47 Å². The third kappa shape index (κ3) is 4.94. The second-order valence-electron chi connectivity index (χ2n) is 14.2. The molecule has 4 fully saturated rings. The first kappa shape index (κ1) is 26.3. The summed E-state index contributed by atoms with van der Waals surface area (Å²) in [6, 6.07) is 0. The number of ether oxygens (including phenoxy) is 2. The lowest BCUT2D eigenvalue weighted by Crippen LogP contribution is -2.52. The normalized spacial score (nSPS) is 44.3. The van der Waals surface area contributed by atoms with Crippen molar-refractivity contribution in [3.8, 4) is 0 Å². The maximum atomic E-state index is 6.52. The molecule has 35 heavy (non-hydrogen) atoms. The number of allylic oxidation sites excluding steroid dienone is 1. The molecular formula is C33H56O2. The van der Waals surface area contributed by atoms with Gasteiger partial charge in [-0.25, -0.2) is 0 Å². The van der Waals surface area contributed by atoms with Crippen LogP contribution in [0.4, 0.5) is 0 Å². The van der Waals surface area contributed by atoms with E-state index in [-0.39, 0.29) is 6.29 Å². The van der Waals surface area contributed by atoms with Gasteiger partial charge in [-0.1, -0.05) is 65.5 Å². The summed E-state index contributed by atoms with van der Waals surface area (Å²) < 4.78 is 12.5. The van der Waals surface area contributed by atoms with Gasteiger partial charge in [0, 0.05) is 6.61 Å². The van der Waals surface area contributed by atoms with Crippen molar-refractivity contribution in [2.24, 2.45) is 46.3 Å². The van der Waals surface area contributed by atoms with E-state index in [1.807, 2.05) is 0 Å². The van der Waals surface area contributed by atoms with Crippen LogP contribution in [0.5, 0.6) is 0 Å². The highest BCUT2D eigenvalue weighted by Crippen LogP contribution is 2.68. The molecule has 1 saturated heterocycles. The Balaban J connectivity index is 1.27. The van der Waals surface area contributed by atoms with E-state index in [1.165, 1.54) is 89.9 Å². The molecule has 0 aromatic carbocycles. The zero-order valence-corrected chi connectivity index (χ0v) is 23.8. The molecule has 2 nitrogen and oxygen atoms in total. The average Bonchev–Trinajstić information content (AvgIpc) is 3.21. The molecule has 0 amide bonds. The second kappa shape index (κ2) is 10.8. The summed E-state index contributed by atoms with van der Waals surface area (Å²) in [4.78, 5) is 0. The first-order valence-corrected chi connectivity index (χ1v) is 15.8. The van der Waals surface area contributed by atoms with Gasteiger partial charge in [0.05, 0.1) is 6.10 Å². The molecule has 5 rings (SSSR count). The van der Waals surface area contributed by atoms with Crippen LogP contribution >= 0.6 is 0 Å². The van der Waals surface area contributed by atoms with Crippen LogP contribution in [0.1, 0.15) is 131 Å². The topological polar surface area (TPSA) is 18.5 Å². The summed E-state index contributed by atoms with van der Waals surface area (Å²) in [6.07, 6.45) is 23.5. The van der Waals surface area contributed by atoms with Crippen molar-refractivity contribution in [3.63, 3.8) is 0 Å². The van der Waals surface area contributed by atoms with E-state index < -0.39 is 0 Å². The summed E-state index contributed by atoms with van der Waals surface area (Å²) in [5, 5.41) is 0. The molecule has 4 aliphatic carbocycles. The Morgan fingerprint density at radius 2 is 1.86 bits per heavy atom. The Morgan fingerprint density at radius 1 is 1.00 bits per heavy atom. The van der Waals surface area contributed by atoms with Crippen LogP contribution in [0.3, 0.4) is 0 Å². The summed E-state index contributed by atoms with van der Waals surface area (Å²) in [5.41, 5.74) is 2.85. The van der Waals surface area contributed by atoms with E-state index in [1.54, 1.807) is 5.57 Å². The first-order valence-electron chi connectivity index (χ1n) is 15.8. The lowest BCUT2D eigenvalue weighted by Gasteiger charge is -2.59. The van der Waals surface area contributed by atoms with Gasteiger partial charge in [0.15, 0.2) is 6.29 Å². The van der Waals surface area contributed by atoms with Gasteiger partial charge in [0.1, 0.15) is 0 Å². The van der Waals surface area contributed by atoms with Crippen LogP contribution in [0.25, 0.3) is 0 Å². The maximum Gasteiger partial charge on any atom is 0.157 e. The molecule has 0 aromatic heterocycles. The molecule has 0 spiro atoms. The Labute approximate surface area is 217 Å². The zero-order valence-electron chi connectivity index (χ0n) is 23.8. The number of rotatable bonds is 8. The van der Waals surface area contributed by atoms with Crippen molar-refractivity contribution in [2.45, 2.75) is 143 Å². The van der Waals surface area contributed by atoms with E-state index in [2.05, 4.69) is 40.7 Å². The monoisotopic (exact) mass is 484 g/mol. The number of hydrogen-bond acceptors (Lipinski definition) is 2. The van der Waals surface area contributed by atoms with Crippen LogP contribution in [-0.2, 0) is 9.47 Å². The quantitative estimate of drug-likeness (QED) is 0.319. The minimum absolute atomic E-state index is 0.0631. The van der Waals surface area contributed by atoms with Crippen LogP contribution in [0, 0.1) is 46.3 Å². The van der Waals surface area contributed by atoms with Crippen molar-refractivity contribution >= 4 is 0 Å². The van der Waals surface area contributed by atoms with Crippen LogP contribution < -0.4 is 0 Å². The Morgan fingerprint density at radius 3 is 2.60 bits per heavy atom. The third-order valence-corrected chi connectivity index (χ3v) is 12.1. The molecule has 2 heteroatoms. The largest absolute Gasteiger partial charge is 0.353 e. The second-order valence-corrected chi connectivity index (χ2v) is 14.2. The molecule has 0 N–H and O–H groups in total. The number of fused-ring (bicyclic) bond motifs is 5. The van der Waals surface area contributed by atoms with Crippen molar-refractivity contribution < 1.29 is 9.47 Å². The fourth-order valence-corrected chi connectivity index (χ4v) is 10.3. The molecule has 9 atom stereocenters. The fourth-order valence-electron chi connectivity index (χ4n) is 10.3. The molecule has 5 unspecified atom stereocenters. The van der Waals surface area contributed by atoms with E-state index in [9.17, 15) is 0 Å². The highest BCUT2D eigenvalue weighted by atomic mass is 16.7. The highest BCUT2D eigenvalue weighted by Gasteiger charge is 2.59. The van der Waals surface area contributed by atoms with Crippen molar-refractivity contribution in [2.75, 3.05) is 6.61 Å². The van der Waals surface area contributed by atoms with Gasteiger partial charge < -0.3 is 9.47 Å². The molecule has 200 valence electrons. The summed E-state index contributed by atoms with van der Waals surface area (Å²) >= 11 is 0.